The second-order valence-electron chi connectivity index (χ2n) is 10.2. The van der Waals surface area contributed by atoms with E-state index in [-0.39, 0.29) is 17.3 Å². The highest BCUT2D eigenvalue weighted by Gasteiger charge is 2.74. The minimum absolute atomic E-state index is 0.0385. The Morgan fingerprint density at radius 3 is 2.81 bits per heavy atom. The van der Waals surface area contributed by atoms with Crippen molar-refractivity contribution in [1.29, 1.82) is 0 Å². The fourth-order valence-corrected chi connectivity index (χ4v) is 8.44. The third kappa shape index (κ3) is 1.60. The van der Waals surface area contributed by atoms with Gasteiger partial charge in [-0.3, -0.25) is 9.69 Å². The monoisotopic (exact) mass is 367 g/mol. The van der Waals surface area contributed by atoms with Crippen LogP contribution in [0.25, 0.3) is 0 Å². The Kier molecular flexibility index (Phi) is 3.03. The van der Waals surface area contributed by atoms with Crippen LogP contribution in [0.3, 0.4) is 0 Å². The summed E-state index contributed by atoms with van der Waals surface area (Å²) in [6, 6.07) is 0.493. The summed E-state index contributed by atoms with van der Waals surface area (Å²) in [5.41, 5.74) is 4.33. The van der Waals surface area contributed by atoms with Crippen LogP contribution in [0.5, 0.6) is 0 Å². The van der Waals surface area contributed by atoms with Gasteiger partial charge in [0.15, 0.2) is 0 Å². The van der Waals surface area contributed by atoms with Crippen LogP contribution < -0.4 is 0 Å². The molecule has 3 unspecified atom stereocenters. The number of Topliss-reactive ketones (excluding diaryl/α,β-unsaturated/α-hetero) is 1. The van der Waals surface area contributed by atoms with Gasteiger partial charge in [0.25, 0.3) is 0 Å². The van der Waals surface area contributed by atoms with Crippen molar-refractivity contribution >= 4 is 11.8 Å². The quantitative estimate of drug-likeness (QED) is 0.668. The average Bonchev–Trinajstić information content (AvgIpc) is 3.27. The van der Waals surface area contributed by atoms with Gasteiger partial charge in [-0.2, -0.15) is 0 Å². The first-order chi connectivity index (χ1) is 12.9. The number of esters is 1. The van der Waals surface area contributed by atoms with E-state index in [0.717, 1.165) is 44.3 Å². The lowest BCUT2D eigenvalue weighted by Gasteiger charge is -2.59. The van der Waals surface area contributed by atoms with Crippen LogP contribution in [-0.4, -0.2) is 42.9 Å². The van der Waals surface area contributed by atoms with E-state index in [1.54, 1.807) is 0 Å². The molecule has 0 aromatic rings. The lowest BCUT2D eigenvalue weighted by Crippen LogP contribution is -2.65. The third-order valence-corrected chi connectivity index (χ3v) is 9.59. The van der Waals surface area contributed by atoms with Crippen molar-refractivity contribution in [3.8, 4) is 0 Å². The molecule has 144 valence electrons. The summed E-state index contributed by atoms with van der Waals surface area (Å²) in [6.45, 7) is 6.89. The first-order valence-electron chi connectivity index (χ1n) is 10.7. The van der Waals surface area contributed by atoms with E-state index in [9.17, 15) is 9.59 Å². The molecule has 0 amide bonds. The molecular weight excluding hydrogens is 338 g/mol. The zero-order valence-corrected chi connectivity index (χ0v) is 16.6. The molecule has 2 aliphatic heterocycles. The molecule has 0 aromatic heterocycles. The summed E-state index contributed by atoms with van der Waals surface area (Å²) in [5, 5.41) is 0. The van der Waals surface area contributed by atoms with Gasteiger partial charge in [0.05, 0.1) is 12.5 Å². The maximum atomic E-state index is 14.3. The molecule has 4 heteroatoms. The van der Waals surface area contributed by atoms with Crippen LogP contribution in [-0.2, 0) is 14.3 Å². The Labute approximate surface area is 161 Å². The number of ether oxygens (including phenoxy) is 1. The third-order valence-electron chi connectivity index (χ3n) is 9.59. The van der Waals surface area contributed by atoms with Gasteiger partial charge >= 0.3 is 5.97 Å². The minimum atomic E-state index is -0.462. The molecule has 2 heterocycles. The van der Waals surface area contributed by atoms with Crippen molar-refractivity contribution in [2.24, 2.45) is 28.6 Å². The van der Waals surface area contributed by atoms with Crippen LogP contribution in [0.4, 0.5) is 0 Å². The predicted octanol–water partition coefficient (Wildman–Crippen LogP) is 3.28. The van der Waals surface area contributed by atoms with E-state index < -0.39 is 5.41 Å². The summed E-state index contributed by atoms with van der Waals surface area (Å²) in [6.07, 6.45) is 5.92. The highest BCUT2D eigenvalue weighted by Crippen LogP contribution is 2.73. The van der Waals surface area contributed by atoms with E-state index >= 15 is 0 Å². The number of hydrogen-bond donors (Lipinski definition) is 0. The second-order valence-corrected chi connectivity index (χ2v) is 10.2. The summed E-state index contributed by atoms with van der Waals surface area (Å²) < 4.78 is 5.18. The number of nitrogens with zero attached hydrogens (tertiary/aromatic N) is 1. The number of methoxy groups -OCH3 is 1. The molecule has 1 saturated carbocycles. The first kappa shape index (κ1) is 16.5. The van der Waals surface area contributed by atoms with Crippen molar-refractivity contribution in [3.05, 3.63) is 22.3 Å². The Balaban J connectivity index is 1.64. The Morgan fingerprint density at radius 2 is 2.04 bits per heavy atom. The van der Waals surface area contributed by atoms with Crippen LogP contribution in [0.15, 0.2) is 22.3 Å². The lowest BCUT2D eigenvalue weighted by molar-refractivity contribution is -0.156. The molecule has 3 fully saturated rings. The van der Waals surface area contributed by atoms with E-state index in [1.807, 2.05) is 0 Å². The fourth-order valence-electron chi connectivity index (χ4n) is 8.44. The SMILES string of the molecule is COC(=O)C1=C2CCC3=C2[C@@]2(C1)C(=O)[C@@H]1CC4N(CC1C)CC(CC3)[C@]42C. The van der Waals surface area contributed by atoms with Crippen LogP contribution in [0.2, 0.25) is 0 Å². The van der Waals surface area contributed by atoms with Crippen LogP contribution in [0.1, 0.15) is 52.4 Å². The molecule has 0 radical (unpaired) electrons. The molecular formula is C23H29NO3. The van der Waals surface area contributed by atoms with Gasteiger partial charge in [-0.05, 0) is 61.5 Å². The molecule has 6 aliphatic rings. The molecule has 2 saturated heterocycles. The molecule has 6 rings (SSSR count). The fraction of sp³-hybridized carbons (Fsp3) is 0.739. The number of rotatable bonds is 1. The van der Waals surface area contributed by atoms with Crippen LogP contribution in [0, 0.1) is 28.6 Å². The largest absolute Gasteiger partial charge is 0.466 e. The highest BCUT2D eigenvalue weighted by atomic mass is 16.5. The number of allylic oxidation sites excluding steroid dienone is 3. The molecule has 1 spiro atoms. The van der Waals surface area contributed by atoms with Gasteiger partial charge in [-0.15, -0.1) is 0 Å². The topological polar surface area (TPSA) is 46.6 Å². The minimum Gasteiger partial charge on any atom is -0.466 e. The smallest absolute Gasteiger partial charge is 0.334 e. The van der Waals surface area contributed by atoms with E-state index in [2.05, 4.69) is 18.7 Å². The van der Waals surface area contributed by atoms with Gasteiger partial charge in [0.1, 0.15) is 5.78 Å². The summed E-state index contributed by atoms with van der Waals surface area (Å²) in [7, 11) is 1.48. The summed E-state index contributed by atoms with van der Waals surface area (Å²) in [5.74, 6) is 1.40. The molecule has 6 atom stereocenters. The number of ketones is 1. The van der Waals surface area contributed by atoms with Gasteiger partial charge in [-0.25, -0.2) is 4.79 Å². The van der Waals surface area contributed by atoms with Gasteiger partial charge in [0.2, 0.25) is 0 Å². The summed E-state index contributed by atoms with van der Waals surface area (Å²) in [4.78, 5) is 29.6. The molecule has 0 aromatic carbocycles. The van der Waals surface area contributed by atoms with Gasteiger partial charge in [-0.1, -0.05) is 19.4 Å². The van der Waals surface area contributed by atoms with Gasteiger partial charge < -0.3 is 4.74 Å². The molecule has 4 nitrogen and oxygen atoms in total. The van der Waals surface area contributed by atoms with Crippen molar-refractivity contribution in [2.75, 3.05) is 20.2 Å². The number of fused-ring (bicyclic) bond motifs is 1. The molecule has 27 heavy (non-hydrogen) atoms. The number of carbonyl (C=O) groups is 2. The molecule has 0 N–H and O–H groups in total. The molecule has 4 aliphatic carbocycles. The highest BCUT2D eigenvalue weighted by molar-refractivity contribution is 6.01. The average molecular weight is 367 g/mol. The summed E-state index contributed by atoms with van der Waals surface area (Å²) >= 11 is 0. The van der Waals surface area contributed by atoms with Crippen LogP contribution >= 0.6 is 0 Å². The van der Waals surface area contributed by atoms with Crippen molar-refractivity contribution in [1.82, 2.24) is 4.90 Å². The number of carbonyl (C=O) groups excluding carboxylic acids is 2. The lowest BCUT2D eigenvalue weighted by atomic mass is 9.45. The Hall–Kier alpha value is -1.42. The maximum Gasteiger partial charge on any atom is 0.334 e. The normalized spacial score (nSPS) is 47.4. The van der Waals surface area contributed by atoms with Crippen molar-refractivity contribution in [2.45, 2.75) is 58.4 Å². The number of hydrogen-bond acceptors (Lipinski definition) is 4. The standard InChI is InChI=1S/C23H29NO3/c1-12-10-24-11-14-6-4-13-5-7-15-17(21(26)27-3)9-23(19(13)15)20(25)16(12)8-18(24)22(14,23)2/h12,14,16,18H,4-11H2,1-3H3/t12?,14?,16-,18?,22-,23+/m1/s1. The Morgan fingerprint density at radius 1 is 1.22 bits per heavy atom. The first-order valence-corrected chi connectivity index (χ1v) is 10.7. The van der Waals surface area contributed by atoms with E-state index in [1.165, 1.54) is 30.2 Å². The van der Waals surface area contributed by atoms with Gasteiger partial charge in [0, 0.05) is 36.0 Å². The zero-order valence-electron chi connectivity index (χ0n) is 16.6. The zero-order chi connectivity index (χ0) is 18.7. The maximum absolute atomic E-state index is 14.3. The number of piperidine rings is 1. The van der Waals surface area contributed by atoms with E-state index in [0.29, 0.717) is 30.1 Å². The van der Waals surface area contributed by atoms with Crippen molar-refractivity contribution in [3.63, 3.8) is 0 Å². The second kappa shape index (κ2) is 4.94. The predicted molar refractivity (Wildman–Crippen MR) is 101 cm³/mol. The van der Waals surface area contributed by atoms with E-state index in [4.69, 9.17) is 4.74 Å². The Bertz CT molecular complexity index is 854. The van der Waals surface area contributed by atoms with Crippen molar-refractivity contribution < 1.29 is 14.3 Å². The molecule has 2 bridgehead atoms.